The van der Waals surface area contributed by atoms with E-state index in [9.17, 15) is 4.79 Å². The smallest absolute Gasteiger partial charge is 0.399 e. The maximum Gasteiger partial charge on any atom is 0.494 e. The predicted molar refractivity (Wildman–Crippen MR) is 165 cm³/mol. The number of rotatable bonds is 11. The monoisotopic (exact) mass is 571 g/mol. The molecule has 0 spiro atoms. The van der Waals surface area contributed by atoms with Crippen LogP contribution in [0.5, 0.6) is 0 Å². The van der Waals surface area contributed by atoms with Crippen LogP contribution in [0.4, 0.5) is 0 Å². The van der Waals surface area contributed by atoms with Crippen LogP contribution in [-0.2, 0) is 32.2 Å². The van der Waals surface area contributed by atoms with Crippen LogP contribution in [0.3, 0.4) is 0 Å². The average Bonchev–Trinajstić information content (AvgIpc) is 3.18. The predicted octanol–water partition coefficient (Wildman–Crippen LogP) is 5.28. The van der Waals surface area contributed by atoms with Crippen molar-refractivity contribution in [3.8, 4) is 0 Å². The lowest BCUT2D eigenvalue weighted by Gasteiger charge is -2.32. The fourth-order valence-electron chi connectivity index (χ4n) is 4.35. The molecule has 11 heteroatoms. The molecule has 3 heterocycles. The van der Waals surface area contributed by atoms with Crippen molar-refractivity contribution in [2.24, 2.45) is 0 Å². The summed E-state index contributed by atoms with van der Waals surface area (Å²) < 4.78 is 27.8. The van der Waals surface area contributed by atoms with E-state index < -0.39 is 34.5 Å². The van der Waals surface area contributed by atoms with Crippen LogP contribution >= 0.6 is 0 Å². The third-order valence-electron chi connectivity index (χ3n) is 7.77. The first-order valence-electron chi connectivity index (χ1n) is 14.0. The van der Waals surface area contributed by atoms with Gasteiger partial charge in [0.15, 0.2) is 5.65 Å². The summed E-state index contributed by atoms with van der Waals surface area (Å²) in [6.07, 6.45) is 0. The number of hydrogen-bond donors (Lipinski definition) is 0. The third kappa shape index (κ3) is 6.94. The lowest BCUT2D eigenvalue weighted by molar-refractivity contribution is 0.00578. The molecule has 0 aliphatic carbocycles. The van der Waals surface area contributed by atoms with Crippen molar-refractivity contribution in [3.63, 3.8) is 0 Å². The summed E-state index contributed by atoms with van der Waals surface area (Å²) in [5.41, 5.74) is 2.06. The first-order valence-corrected chi connectivity index (χ1v) is 21.4. The van der Waals surface area contributed by atoms with Gasteiger partial charge in [-0.05, 0) is 57.4 Å². The Labute approximate surface area is 235 Å². The first-order chi connectivity index (χ1) is 18.0. The third-order valence-corrected chi connectivity index (χ3v) is 11.2. The van der Waals surface area contributed by atoms with E-state index in [0.717, 1.165) is 34.0 Å². The van der Waals surface area contributed by atoms with Crippen molar-refractivity contribution < 1.29 is 18.8 Å². The molecule has 1 aliphatic heterocycles. The number of fused-ring (bicyclic) bond motifs is 2. The van der Waals surface area contributed by atoms with Gasteiger partial charge in [-0.25, -0.2) is 9.78 Å². The minimum Gasteiger partial charge on any atom is -0.399 e. The Morgan fingerprint density at radius 2 is 1.38 bits per heavy atom. The number of nitrogens with zero attached hydrogens (tertiary/aromatic N) is 3. The fourth-order valence-corrected chi connectivity index (χ4v) is 5.86. The van der Waals surface area contributed by atoms with Gasteiger partial charge in [0.25, 0.3) is 0 Å². The minimum absolute atomic E-state index is 0.167. The molecule has 1 saturated heterocycles. The van der Waals surface area contributed by atoms with Gasteiger partial charge in [-0.2, -0.15) is 0 Å². The molecule has 0 atom stereocenters. The van der Waals surface area contributed by atoms with Gasteiger partial charge in [-0.1, -0.05) is 51.4 Å². The second kappa shape index (κ2) is 10.9. The van der Waals surface area contributed by atoms with Gasteiger partial charge in [0.2, 0.25) is 0 Å². The van der Waals surface area contributed by atoms with E-state index in [1.54, 1.807) is 9.13 Å². The van der Waals surface area contributed by atoms with Crippen LogP contribution < -0.4 is 11.2 Å². The Kier molecular flexibility index (Phi) is 8.45. The molecule has 214 valence electrons. The molecule has 2 aromatic heterocycles. The molecule has 1 fully saturated rings. The molecule has 1 aliphatic rings. The number of pyridine rings is 1. The summed E-state index contributed by atoms with van der Waals surface area (Å²) in [7, 11) is -2.94. The maximum atomic E-state index is 13.6. The van der Waals surface area contributed by atoms with Crippen LogP contribution in [0.2, 0.25) is 51.4 Å². The summed E-state index contributed by atoms with van der Waals surface area (Å²) in [6, 6.07) is 10.1. The standard InChI is InChI=1S/C28H46BN3O5Si2/c1-27(2)28(3,4)37-29(36-27)22-11-12-23-21(17-22)18-24-25(30-23)32(20-35-14-16-39(8,9)10)26(33)31(24)19-34-13-15-38(5,6)7/h11-12,17-18H,13-16,19-20H2,1-10H3. The van der Waals surface area contributed by atoms with Crippen molar-refractivity contribution >= 4 is 50.8 Å². The van der Waals surface area contributed by atoms with Gasteiger partial charge in [0.1, 0.15) is 13.5 Å². The highest BCUT2D eigenvalue weighted by molar-refractivity contribution is 6.76. The SMILES string of the molecule is CC1(C)OB(c2ccc3nc4c(cc3c2)n(COCC[Si](C)(C)C)c(=O)n4COCC[Si](C)(C)C)OC1(C)C. The molecule has 4 rings (SSSR count). The molecule has 0 amide bonds. The van der Waals surface area contributed by atoms with Gasteiger partial charge >= 0.3 is 12.8 Å². The number of hydrogen-bond acceptors (Lipinski definition) is 6. The highest BCUT2D eigenvalue weighted by Gasteiger charge is 2.51. The van der Waals surface area contributed by atoms with Crippen LogP contribution in [0.25, 0.3) is 22.1 Å². The molecule has 3 aromatic rings. The highest BCUT2D eigenvalue weighted by Crippen LogP contribution is 2.36. The quantitative estimate of drug-likeness (QED) is 0.230. The summed E-state index contributed by atoms with van der Waals surface area (Å²) in [5, 5.41) is 0.919. The van der Waals surface area contributed by atoms with Gasteiger partial charge in [-0.3, -0.25) is 9.13 Å². The Morgan fingerprint density at radius 3 is 1.92 bits per heavy atom. The largest absolute Gasteiger partial charge is 0.494 e. The van der Waals surface area contributed by atoms with Crippen molar-refractivity contribution in [2.45, 2.75) is 104 Å². The zero-order valence-electron chi connectivity index (χ0n) is 25.5. The van der Waals surface area contributed by atoms with Crippen LogP contribution in [0.1, 0.15) is 27.7 Å². The molecule has 1 aromatic carbocycles. The Morgan fingerprint density at radius 1 is 0.846 bits per heavy atom. The molecular formula is C28H46BN3O5Si2. The Hall–Kier alpha value is -1.76. The second-order valence-electron chi connectivity index (χ2n) is 14.2. The fraction of sp³-hybridized carbons (Fsp3) is 0.643. The van der Waals surface area contributed by atoms with Gasteiger partial charge in [0, 0.05) is 34.7 Å². The molecule has 0 bridgehead atoms. The summed E-state index contributed by atoms with van der Waals surface area (Å²) in [6.45, 7) is 23.7. The first kappa shape index (κ1) is 30.2. The normalized spacial score (nSPS) is 17.5. The number of ether oxygens (including phenoxy) is 2. The summed E-state index contributed by atoms with van der Waals surface area (Å²) in [5.74, 6) is 0. The minimum atomic E-state index is -1.24. The van der Waals surface area contributed by atoms with E-state index in [-0.39, 0.29) is 19.2 Å². The lowest BCUT2D eigenvalue weighted by atomic mass is 9.78. The average molecular weight is 572 g/mol. The molecule has 39 heavy (non-hydrogen) atoms. The van der Waals surface area contributed by atoms with E-state index >= 15 is 0 Å². The summed E-state index contributed by atoms with van der Waals surface area (Å²) in [4.78, 5) is 18.5. The number of imidazole rings is 1. The second-order valence-corrected chi connectivity index (χ2v) is 25.4. The van der Waals surface area contributed by atoms with Gasteiger partial charge < -0.3 is 18.8 Å². The molecule has 8 nitrogen and oxygen atoms in total. The highest BCUT2D eigenvalue weighted by atomic mass is 28.3. The zero-order chi connectivity index (χ0) is 28.8. The van der Waals surface area contributed by atoms with Crippen LogP contribution in [0, 0.1) is 0 Å². The van der Waals surface area contributed by atoms with E-state index in [4.69, 9.17) is 23.8 Å². The lowest BCUT2D eigenvalue weighted by Crippen LogP contribution is -2.41. The number of benzene rings is 1. The van der Waals surface area contributed by atoms with Crippen molar-refractivity contribution in [1.82, 2.24) is 14.1 Å². The Bertz CT molecular complexity index is 1370. The maximum absolute atomic E-state index is 13.6. The molecular weight excluding hydrogens is 525 g/mol. The zero-order valence-corrected chi connectivity index (χ0v) is 27.5. The molecule has 0 radical (unpaired) electrons. The number of aromatic nitrogens is 3. The van der Waals surface area contributed by atoms with E-state index in [1.165, 1.54) is 0 Å². The van der Waals surface area contributed by atoms with Gasteiger partial charge in [-0.15, -0.1) is 0 Å². The van der Waals surface area contributed by atoms with Crippen molar-refractivity contribution in [3.05, 3.63) is 34.7 Å². The summed E-state index contributed by atoms with van der Waals surface area (Å²) >= 11 is 0. The Balaban J connectivity index is 1.68. The van der Waals surface area contributed by atoms with E-state index in [0.29, 0.717) is 18.9 Å². The van der Waals surface area contributed by atoms with Gasteiger partial charge in [0.05, 0.1) is 22.2 Å². The molecule has 0 unspecified atom stereocenters. The van der Waals surface area contributed by atoms with Crippen molar-refractivity contribution in [1.29, 1.82) is 0 Å². The van der Waals surface area contributed by atoms with E-state index in [2.05, 4.69) is 67.0 Å². The van der Waals surface area contributed by atoms with Crippen LogP contribution in [0.15, 0.2) is 29.1 Å². The topological polar surface area (TPSA) is 76.7 Å². The molecule has 0 N–H and O–H groups in total. The molecule has 0 saturated carbocycles. The van der Waals surface area contributed by atoms with E-state index in [1.807, 2.05) is 24.3 Å². The van der Waals surface area contributed by atoms with Crippen LogP contribution in [-0.4, -0.2) is 61.8 Å². The van der Waals surface area contributed by atoms with Crippen molar-refractivity contribution in [2.75, 3.05) is 13.2 Å².